The maximum Gasteiger partial charge on any atom is 0.277 e. The number of furan rings is 1. The fourth-order valence-corrected chi connectivity index (χ4v) is 2.37. The molecule has 0 radical (unpaired) electrons. The van der Waals surface area contributed by atoms with E-state index in [0.29, 0.717) is 5.02 Å². The summed E-state index contributed by atoms with van der Waals surface area (Å²) in [5.74, 6) is -0.344. The second kappa shape index (κ2) is 7.67. The summed E-state index contributed by atoms with van der Waals surface area (Å²) in [7, 11) is -4.68. The molecule has 1 aromatic carbocycles. The van der Waals surface area contributed by atoms with Gasteiger partial charge in [0.2, 0.25) is 5.09 Å². The Morgan fingerprint density at radius 2 is 2.08 bits per heavy atom. The lowest BCUT2D eigenvalue weighted by Gasteiger charge is -2.06. The van der Waals surface area contributed by atoms with Crippen molar-refractivity contribution in [2.45, 2.75) is 5.09 Å². The molecule has 0 saturated heterocycles. The van der Waals surface area contributed by atoms with E-state index < -0.39 is 21.1 Å². The zero-order valence-corrected chi connectivity index (χ0v) is 14.1. The molecule has 1 aromatic heterocycles. The number of nitrogens with zero attached hydrogens (tertiary/aromatic N) is 1. The molecule has 2 aromatic rings. The molecule has 0 fully saturated rings. The second-order valence-corrected chi connectivity index (χ2v) is 6.42. The Hall–Kier alpha value is -2.07. The maximum absolute atomic E-state index is 11.6. The largest absolute Gasteiger partial charge is 0.742 e. The highest BCUT2D eigenvalue weighted by atomic mass is 35.5. The maximum atomic E-state index is 11.6. The van der Waals surface area contributed by atoms with Crippen LogP contribution in [0, 0.1) is 0 Å². The summed E-state index contributed by atoms with van der Waals surface area (Å²) in [6.45, 7) is -0.364. The van der Waals surface area contributed by atoms with Crippen LogP contribution in [0.1, 0.15) is 5.76 Å². The van der Waals surface area contributed by atoms with Crippen LogP contribution in [0.5, 0.6) is 5.75 Å². The van der Waals surface area contributed by atoms with Crippen molar-refractivity contribution in [3.05, 3.63) is 46.1 Å². The molecule has 0 atom stereocenters. The van der Waals surface area contributed by atoms with Gasteiger partial charge in [0.05, 0.1) is 11.2 Å². The van der Waals surface area contributed by atoms with Crippen molar-refractivity contribution in [3.63, 3.8) is 0 Å². The SMILES string of the molecule is O=C(COc1ccc(Cl)cc1Cl)N/N=C\c1ccc(S(=O)(=O)[O-])o1. The van der Waals surface area contributed by atoms with Crippen LogP contribution in [0.25, 0.3) is 0 Å². The molecule has 0 spiro atoms. The summed E-state index contributed by atoms with van der Waals surface area (Å²) >= 11 is 11.6. The van der Waals surface area contributed by atoms with Crippen LogP contribution in [0.3, 0.4) is 0 Å². The summed E-state index contributed by atoms with van der Waals surface area (Å²) in [5.41, 5.74) is 2.13. The summed E-state index contributed by atoms with van der Waals surface area (Å²) in [5, 5.41) is 3.48. The number of carbonyl (C=O) groups is 1. The molecule has 8 nitrogen and oxygen atoms in total. The van der Waals surface area contributed by atoms with E-state index in [1.807, 2.05) is 0 Å². The Morgan fingerprint density at radius 1 is 1.33 bits per heavy atom. The number of hydrazone groups is 1. The number of hydrogen-bond acceptors (Lipinski definition) is 7. The average Bonchev–Trinajstić information content (AvgIpc) is 2.95. The molecule has 0 unspecified atom stereocenters. The van der Waals surface area contributed by atoms with E-state index in [-0.39, 0.29) is 23.1 Å². The number of nitrogens with one attached hydrogen (secondary N) is 1. The molecule has 1 N–H and O–H groups in total. The van der Waals surface area contributed by atoms with Crippen LogP contribution in [-0.2, 0) is 14.9 Å². The smallest absolute Gasteiger partial charge is 0.277 e. The van der Waals surface area contributed by atoms with E-state index in [1.165, 1.54) is 18.2 Å². The number of halogens is 2. The number of rotatable bonds is 6. The van der Waals surface area contributed by atoms with Crippen molar-refractivity contribution >= 4 is 45.4 Å². The van der Waals surface area contributed by atoms with Crippen LogP contribution in [0.4, 0.5) is 0 Å². The fraction of sp³-hybridized carbons (Fsp3) is 0.0769. The van der Waals surface area contributed by atoms with Gasteiger partial charge >= 0.3 is 0 Å². The van der Waals surface area contributed by atoms with Crippen LogP contribution in [0.15, 0.2) is 44.9 Å². The molecule has 24 heavy (non-hydrogen) atoms. The quantitative estimate of drug-likeness (QED) is 0.456. The fourth-order valence-electron chi connectivity index (χ4n) is 1.47. The van der Waals surface area contributed by atoms with Gasteiger partial charge in [0.25, 0.3) is 5.91 Å². The first-order chi connectivity index (χ1) is 11.3. The lowest BCUT2D eigenvalue weighted by atomic mass is 10.3. The Labute approximate surface area is 146 Å². The summed E-state index contributed by atoms with van der Waals surface area (Å²) in [6, 6.07) is 6.72. The third-order valence-corrected chi connectivity index (χ3v) is 3.72. The van der Waals surface area contributed by atoms with Gasteiger partial charge in [0.1, 0.15) is 11.5 Å². The molecular weight excluding hydrogens is 383 g/mol. The standard InChI is InChI=1S/C13H10Cl2N2O6S/c14-8-1-3-11(10(15)5-8)22-7-12(18)17-16-6-9-2-4-13(23-9)24(19,20)21/h1-6H,7H2,(H,17,18)(H,19,20,21)/p-1/b16-6-. The van der Waals surface area contributed by atoms with Gasteiger partial charge in [-0.05, 0) is 30.3 Å². The van der Waals surface area contributed by atoms with Crippen molar-refractivity contribution < 1.29 is 26.9 Å². The molecular formula is C13H9Cl2N2O6S-. The monoisotopic (exact) mass is 391 g/mol. The van der Waals surface area contributed by atoms with Crippen molar-refractivity contribution in [2.24, 2.45) is 5.10 Å². The van der Waals surface area contributed by atoms with Crippen molar-refractivity contribution in [3.8, 4) is 5.75 Å². The van der Waals surface area contributed by atoms with Gasteiger partial charge in [-0.3, -0.25) is 4.79 Å². The summed E-state index contributed by atoms with van der Waals surface area (Å²) in [6.07, 6.45) is 1.03. The van der Waals surface area contributed by atoms with Gasteiger partial charge in [-0.2, -0.15) is 5.10 Å². The van der Waals surface area contributed by atoms with Crippen molar-refractivity contribution in [1.82, 2.24) is 5.43 Å². The average molecular weight is 392 g/mol. The lowest BCUT2D eigenvalue weighted by Crippen LogP contribution is -2.24. The van der Waals surface area contributed by atoms with Crippen LogP contribution < -0.4 is 10.2 Å². The zero-order valence-electron chi connectivity index (χ0n) is 11.7. The highest BCUT2D eigenvalue weighted by Crippen LogP contribution is 2.27. The van der Waals surface area contributed by atoms with Gasteiger partial charge in [-0.1, -0.05) is 23.2 Å². The Bertz CT molecular complexity index is 878. The number of hydrogen-bond donors (Lipinski definition) is 1. The molecule has 0 saturated carbocycles. The molecule has 11 heteroatoms. The number of amides is 1. The van der Waals surface area contributed by atoms with E-state index in [1.54, 1.807) is 6.07 Å². The predicted octanol–water partition coefficient (Wildman–Crippen LogP) is 2.02. The Balaban J connectivity index is 1.85. The number of ether oxygens (including phenoxy) is 1. The number of benzene rings is 1. The van der Waals surface area contributed by atoms with Gasteiger partial charge < -0.3 is 13.7 Å². The van der Waals surface area contributed by atoms with Crippen molar-refractivity contribution in [2.75, 3.05) is 6.61 Å². The van der Waals surface area contributed by atoms with Gasteiger partial charge in [-0.15, -0.1) is 0 Å². The van der Waals surface area contributed by atoms with Gasteiger partial charge in [0, 0.05) is 5.02 Å². The van der Waals surface area contributed by atoms with Crippen molar-refractivity contribution in [1.29, 1.82) is 0 Å². The van der Waals surface area contributed by atoms with Crippen LogP contribution >= 0.6 is 23.2 Å². The van der Waals surface area contributed by atoms with E-state index in [4.69, 9.17) is 32.4 Å². The minimum Gasteiger partial charge on any atom is -0.742 e. The molecule has 128 valence electrons. The summed E-state index contributed by atoms with van der Waals surface area (Å²) in [4.78, 5) is 11.6. The van der Waals surface area contributed by atoms with Crippen LogP contribution in [-0.4, -0.2) is 31.7 Å². The Morgan fingerprint density at radius 3 is 2.71 bits per heavy atom. The first-order valence-corrected chi connectivity index (χ1v) is 8.37. The highest BCUT2D eigenvalue weighted by Gasteiger charge is 2.07. The molecule has 0 bridgehead atoms. The third kappa shape index (κ3) is 5.24. The van der Waals surface area contributed by atoms with E-state index >= 15 is 0 Å². The Kier molecular flexibility index (Phi) is 5.84. The molecule has 2 rings (SSSR count). The van der Waals surface area contributed by atoms with Gasteiger partial charge in [0.15, 0.2) is 16.7 Å². The second-order valence-electron chi connectivity index (χ2n) is 4.27. The zero-order chi connectivity index (χ0) is 17.7. The van der Waals surface area contributed by atoms with E-state index in [0.717, 1.165) is 12.3 Å². The van der Waals surface area contributed by atoms with E-state index in [9.17, 15) is 17.8 Å². The molecule has 0 aliphatic rings. The first kappa shape index (κ1) is 18.3. The normalized spacial score (nSPS) is 11.6. The summed E-state index contributed by atoms with van der Waals surface area (Å²) < 4.78 is 42.0. The van der Waals surface area contributed by atoms with Gasteiger partial charge in [-0.25, -0.2) is 13.8 Å². The molecule has 0 aliphatic carbocycles. The predicted molar refractivity (Wildman–Crippen MR) is 84.4 cm³/mol. The van der Waals surface area contributed by atoms with Crippen LogP contribution in [0.2, 0.25) is 10.0 Å². The molecule has 1 heterocycles. The number of carbonyl (C=O) groups excluding carboxylic acids is 1. The third-order valence-electron chi connectivity index (χ3n) is 2.48. The topological polar surface area (TPSA) is 121 Å². The first-order valence-electron chi connectivity index (χ1n) is 6.21. The lowest BCUT2D eigenvalue weighted by molar-refractivity contribution is -0.123. The molecule has 1 amide bonds. The molecule has 0 aliphatic heterocycles. The minimum atomic E-state index is -4.68. The minimum absolute atomic E-state index is 0.0219. The highest BCUT2D eigenvalue weighted by molar-refractivity contribution is 7.85. The van der Waals surface area contributed by atoms with E-state index in [2.05, 4.69) is 10.5 Å².